The summed E-state index contributed by atoms with van der Waals surface area (Å²) in [6, 6.07) is 0.389. The molecule has 0 aliphatic heterocycles. The number of hydrogen-bond donors (Lipinski definition) is 3. The Hall–Kier alpha value is -0.120. The van der Waals surface area contributed by atoms with Crippen molar-refractivity contribution in [3.05, 3.63) is 0 Å². The Kier molecular flexibility index (Phi) is 5.63. The largest absolute Gasteiger partial charge is 0.396 e. The van der Waals surface area contributed by atoms with Crippen molar-refractivity contribution in [3.8, 4) is 0 Å². The lowest BCUT2D eigenvalue weighted by atomic mass is 9.64. The Labute approximate surface area is 113 Å². The molecule has 3 heteroatoms. The summed E-state index contributed by atoms with van der Waals surface area (Å²) >= 11 is 0. The quantitative estimate of drug-likeness (QED) is 0.683. The van der Waals surface area contributed by atoms with Crippen LogP contribution in [-0.2, 0) is 0 Å². The Bertz CT molecular complexity index is 255. The Morgan fingerprint density at radius 1 is 1.39 bits per heavy atom. The van der Waals surface area contributed by atoms with E-state index < -0.39 is 0 Å². The summed E-state index contributed by atoms with van der Waals surface area (Å²) in [6.07, 6.45) is 5.47. The zero-order valence-corrected chi connectivity index (χ0v) is 12.6. The summed E-state index contributed by atoms with van der Waals surface area (Å²) in [7, 11) is 0. The van der Waals surface area contributed by atoms with Crippen molar-refractivity contribution >= 4 is 0 Å². The monoisotopic (exact) mass is 256 g/mol. The number of aliphatic hydroxyl groups is 1. The highest BCUT2D eigenvalue weighted by molar-refractivity contribution is 5.00. The smallest absolute Gasteiger partial charge is 0.0445 e. The first-order valence-electron chi connectivity index (χ1n) is 7.45. The standard InChI is InChI=1S/C15H32N2O/c1-5-13(6-7-18)17-15(11-16)9-12(2)8-14(3,4)10-15/h12-13,17-18H,5-11,16H2,1-4H3. The van der Waals surface area contributed by atoms with Gasteiger partial charge in [0.1, 0.15) is 0 Å². The van der Waals surface area contributed by atoms with Crippen LogP contribution in [0, 0.1) is 11.3 Å². The van der Waals surface area contributed by atoms with Gasteiger partial charge < -0.3 is 16.2 Å². The molecule has 18 heavy (non-hydrogen) atoms. The molecule has 0 heterocycles. The van der Waals surface area contributed by atoms with Crippen molar-refractivity contribution in [3.63, 3.8) is 0 Å². The van der Waals surface area contributed by atoms with Gasteiger partial charge in [-0.25, -0.2) is 0 Å². The van der Waals surface area contributed by atoms with Crippen LogP contribution < -0.4 is 11.1 Å². The molecule has 1 aliphatic rings. The lowest BCUT2D eigenvalue weighted by molar-refractivity contribution is 0.0732. The van der Waals surface area contributed by atoms with Gasteiger partial charge in [-0.2, -0.15) is 0 Å². The van der Waals surface area contributed by atoms with Crippen LogP contribution in [0.15, 0.2) is 0 Å². The van der Waals surface area contributed by atoms with E-state index in [-0.39, 0.29) is 12.1 Å². The lowest BCUT2D eigenvalue weighted by Gasteiger charge is -2.49. The number of nitrogens with two attached hydrogens (primary N) is 1. The number of aliphatic hydroxyl groups excluding tert-OH is 1. The van der Waals surface area contributed by atoms with Gasteiger partial charge in [-0.3, -0.25) is 0 Å². The first-order chi connectivity index (χ1) is 8.36. The molecule has 0 aromatic carbocycles. The van der Waals surface area contributed by atoms with E-state index >= 15 is 0 Å². The second kappa shape index (κ2) is 6.36. The van der Waals surface area contributed by atoms with Gasteiger partial charge in [0.05, 0.1) is 0 Å². The zero-order valence-electron chi connectivity index (χ0n) is 12.6. The maximum atomic E-state index is 9.14. The minimum absolute atomic E-state index is 0.0665. The van der Waals surface area contributed by atoms with Crippen molar-refractivity contribution in [1.82, 2.24) is 5.32 Å². The third-order valence-electron chi connectivity index (χ3n) is 4.33. The second-order valence-electron chi connectivity index (χ2n) is 7.10. The minimum Gasteiger partial charge on any atom is -0.396 e. The summed E-state index contributed by atoms with van der Waals surface area (Å²) in [5, 5.41) is 12.9. The van der Waals surface area contributed by atoms with Crippen molar-refractivity contribution in [1.29, 1.82) is 0 Å². The van der Waals surface area contributed by atoms with E-state index in [4.69, 9.17) is 10.8 Å². The average Bonchev–Trinajstić information content (AvgIpc) is 2.25. The molecule has 3 nitrogen and oxygen atoms in total. The molecular formula is C15H32N2O. The van der Waals surface area contributed by atoms with Crippen molar-refractivity contribution in [2.24, 2.45) is 17.1 Å². The van der Waals surface area contributed by atoms with E-state index in [9.17, 15) is 0 Å². The van der Waals surface area contributed by atoms with E-state index in [1.807, 2.05) is 0 Å². The fourth-order valence-corrected chi connectivity index (χ4v) is 4.03. The van der Waals surface area contributed by atoms with Crippen molar-refractivity contribution in [2.45, 2.75) is 71.4 Å². The van der Waals surface area contributed by atoms with E-state index in [1.54, 1.807) is 0 Å². The van der Waals surface area contributed by atoms with Crippen LogP contribution in [0.25, 0.3) is 0 Å². The summed E-state index contributed by atoms with van der Waals surface area (Å²) in [5.41, 5.74) is 6.52. The maximum absolute atomic E-state index is 9.14. The maximum Gasteiger partial charge on any atom is 0.0445 e. The lowest BCUT2D eigenvalue weighted by Crippen LogP contribution is -2.60. The Morgan fingerprint density at radius 2 is 2.06 bits per heavy atom. The fourth-order valence-electron chi connectivity index (χ4n) is 4.03. The molecule has 0 spiro atoms. The Balaban J connectivity index is 2.77. The molecule has 3 unspecified atom stereocenters. The fraction of sp³-hybridized carbons (Fsp3) is 1.00. The molecule has 0 saturated heterocycles. The third kappa shape index (κ3) is 4.22. The van der Waals surface area contributed by atoms with Crippen LogP contribution in [0.4, 0.5) is 0 Å². The highest BCUT2D eigenvalue weighted by atomic mass is 16.3. The van der Waals surface area contributed by atoms with Crippen molar-refractivity contribution in [2.75, 3.05) is 13.2 Å². The van der Waals surface area contributed by atoms with Crippen LogP contribution in [0.1, 0.15) is 59.8 Å². The molecular weight excluding hydrogens is 224 g/mol. The van der Waals surface area contributed by atoms with Crippen LogP contribution >= 0.6 is 0 Å². The molecule has 0 radical (unpaired) electrons. The highest BCUT2D eigenvalue weighted by Gasteiger charge is 2.42. The van der Waals surface area contributed by atoms with Crippen LogP contribution in [0.2, 0.25) is 0 Å². The number of hydrogen-bond acceptors (Lipinski definition) is 3. The van der Waals surface area contributed by atoms with Gasteiger partial charge in [0.25, 0.3) is 0 Å². The van der Waals surface area contributed by atoms with Crippen molar-refractivity contribution < 1.29 is 5.11 Å². The molecule has 1 aliphatic carbocycles. The SMILES string of the molecule is CCC(CCO)NC1(CN)CC(C)CC(C)(C)C1. The summed E-state index contributed by atoms with van der Waals surface area (Å²) in [6.45, 7) is 10.2. The molecule has 4 N–H and O–H groups in total. The van der Waals surface area contributed by atoms with Crippen LogP contribution in [0.3, 0.4) is 0 Å². The third-order valence-corrected chi connectivity index (χ3v) is 4.33. The molecule has 0 amide bonds. The van der Waals surface area contributed by atoms with E-state index in [0.717, 1.165) is 31.6 Å². The van der Waals surface area contributed by atoms with Gasteiger partial charge in [0.15, 0.2) is 0 Å². The molecule has 1 fully saturated rings. The molecule has 3 atom stereocenters. The van der Waals surface area contributed by atoms with Gasteiger partial charge in [0.2, 0.25) is 0 Å². The van der Waals surface area contributed by atoms with E-state index in [0.29, 0.717) is 18.0 Å². The molecule has 0 aromatic rings. The van der Waals surface area contributed by atoms with E-state index in [2.05, 4.69) is 33.0 Å². The molecule has 108 valence electrons. The van der Waals surface area contributed by atoms with Gasteiger partial charge in [-0.15, -0.1) is 0 Å². The van der Waals surface area contributed by atoms with E-state index in [1.165, 1.54) is 6.42 Å². The Morgan fingerprint density at radius 3 is 2.50 bits per heavy atom. The average molecular weight is 256 g/mol. The first kappa shape index (κ1) is 15.9. The first-order valence-corrected chi connectivity index (χ1v) is 7.45. The van der Waals surface area contributed by atoms with Gasteiger partial charge in [0, 0.05) is 24.7 Å². The zero-order chi connectivity index (χ0) is 13.8. The molecule has 1 saturated carbocycles. The van der Waals surface area contributed by atoms with Gasteiger partial charge in [-0.1, -0.05) is 27.7 Å². The summed E-state index contributed by atoms with van der Waals surface area (Å²) < 4.78 is 0. The predicted molar refractivity (Wildman–Crippen MR) is 77.5 cm³/mol. The normalized spacial score (nSPS) is 33.3. The van der Waals surface area contributed by atoms with Crippen LogP contribution in [0.5, 0.6) is 0 Å². The molecule has 0 aromatic heterocycles. The minimum atomic E-state index is 0.0665. The van der Waals surface area contributed by atoms with Gasteiger partial charge in [-0.05, 0) is 43.4 Å². The molecule has 0 bridgehead atoms. The topological polar surface area (TPSA) is 58.3 Å². The predicted octanol–water partition coefficient (Wildman–Crippen LogP) is 2.28. The summed E-state index contributed by atoms with van der Waals surface area (Å²) in [5.74, 6) is 0.719. The number of rotatable bonds is 6. The second-order valence-corrected chi connectivity index (χ2v) is 7.10. The van der Waals surface area contributed by atoms with Crippen LogP contribution in [-0.4, -0.2) is 29.8 Å². The molecule has 1 rings (SSSR count). The summed E-state index contributed by atoms with van der Waals surface area (Å²) in [4.78, 5) is 0. The number of nitrogens with one attached hydrogen (secondary N) is 1. The van der Waals surface area contributed by atoms with Gasteiger partial charge >= 0.3 is 0 Å². The highest BCUT2D eigenvalue weighted by Crippen LogP contribution is 2.43.